The maximum Gasteiger partial charge on any atom is 0.276 e. The molecule has 0 bridgehead atoms. The highest BCUT2D eigenvalue weighted by Crippen LogP contribution is 2.28. The molecule has 2 aromatic carbocycles. The number of aromatic nitrogens is 3. The van der Waals surface area contributed by atoms with Crippen molar-refractivity contribution in [2.24, 2.45) is 0 Å². The lowest BCUT2D eigenvalue weighted by atomic mass is 10.1. The fraction of sp³-hybridized carbons (Fsp3) is 0.304. The Kier molecular flexibility index (Phi) is 6.01. The van der Waals surface area contributed by atoms with Crippen LogP contribution in [-0.4, -0.2) is 62.8 Å². The molecular weight excluding hydrogens is 468 g/mol. The summed E-state index contributed by atoms with van der Waals surface area (Å²) < 4.78 is 35.0. The van der Waals surface area contributed by atoms with Gasteiger partial charge in [0.05, 0.1) is 24.4 Å². The molecule has 5 rings (SSSR count). The molecule has 2 aliphatic heterocycles. The maximum absolute atomic E-state index is 14.0. The first-order chi connectivity index (χ1) is 16.4. The van der Waals surface area contributed by atoms with Crippen LogP contribution in [0.25, 0.3) is 0 Å². The monoisotopic (exact) mass is 487 g/mol. The summed E-state index contributed by atoms with van der Waals surface area (Å²) in [6.07, 6.45) is -0.229. The zero-order chi connectivity index (χ0) is 23.8. The number of benzene rings is 2. The van der Waals surface area contributed by atoms with Crippen molar-refractivity contribution in [1.82, 2.24) is 24.8 Å². The Morgan fingerprint density at radius 3 is 2.35 bits per heavy atom. The number of ether oxygens (including phenoxy) is 1. The molecule has 0 N–H and O–H groups in total. The molecule has 8 nitrogen and oxygen atoms in total. The number of halogens is 3. The van der Waals surface area contributed by atoms with Gasteiger partial charge in [-0.05, 0) is 35.9 Å². The van der Waals surface area contributed by atoms with Gasteiger partial charge in [0.25, 0.3) is 11.8 Å². The number of carbonyl (C=O) groups is 2. The average molecular weight is 488 g/mol. The van der Waals surface area contributed by atoms with Gasteiger partial charge in [-0.15, -0.1) is 5.10 Å². The van der Waals surface area contributed by atoms with Crippen LogP contribution in [-0.2, 0) is 17.9 Å². The van der Waals surface area contributed by atoms with Gasteiger partial charge in [0.2, 0.25) is 0 Å². The van der Waals surface area contributed by atoms with Gasteiger partial charge < -0.3 is 14.5 Å². The number of nitrogens with zero attached hydrogens (tertiary/aromatic N) is 5. The fourth-order valence-electron chi connectivity index (χ4n) is 4.15. The molecule has 176 valence electrons. The first-order valence-electron chi connectivity index (χ1n) is 10.7. The fourth-order valence-corrected chi connectivity index (χ4v) is 4.28. The van der Waals surface area contributed by atoms with Crippen LogP contribution in [0.3, 0.4) is 0 Å². The van der Waals surface area contributed by atoms with Crippen molar-refractivity contribution in [1.29, 1.82) is 0 Å². The van der Waals surface area contributed by atoms with Crippen LogP contribution >= 0.6 is 11.6 Å². The lowest BCUT2D eigenvalue weighted by Gasteiger charge is -2.34. The molecule has 0 saturated carbocycles. The standard InChI is InChI=1S/C23H20ClF2N5O3/c24-15-3-1-14(2-4-15)20-12-31-19(13-34-20)21(27-28-31)23(33)30-9-7-29(8-10-30)22(32)17-11-16(25)5-6-18(17)26/h1-6,11,20H,7-10,12-13H2/t20-/m0/s1. The summed E-state index contributed by atoms with van der Waals surface area (Å²) in [5, 5.41) is 8.86. The maximum atomic E-state index is 14.0. The number of rotatable bonds is 3. The third-order valence-corrected chi connectivity index (χ3v) is 6.31. The van der Waals surface area contributed by atoms with Crippen LogP contribution in [0.15, 0.2) is 42.5 Å². The number of piperazine rings is 1. The van der Waals surface area contributed by atoms with Crippen LogP contribution in [0.1, 0.15) is 38.2 Å². The van der Waals surface area contributed by atoms with Crippen LogP contribution in [0.4, 0.5) is 8.78 Å². The number of fused-ring (bicyclic) bond motifs is 1. The molecule has 34 heavy (non-hydrogen) atoms. The van der Waals surface area contributed by atoms with Crippen LogP contribution in [0.2, 0.25) is 5.02 Å². The second-order valence-electron chi connectivity index (χ2n) is 8.13. The zero-order valence-corrected chi connectivity index (χ0v) is 18.7. The first-order valence-corrected chi connectivity index (χ1v) is 11.1. The van der Waals surface area contributed by atoms with Crippen molar-refractivity contribution in [3.63, 3.8) is 0 Å². The van der Waals surface area contributed by atoms with E-state index in [1.54, 1.807) is 21.7 Å². The molecule has 3 aromatic rings. The normalized spacial score (nSPS) is 18.0. The van der Waals surface area contributed by atoms with E-state index in [9.17, 15) is 18.4 Å². The van der Waals surface area contributed by atoms with E-state index in [4.69, 9.17) is 16.3 Å². The lowest BCUT2D eigenvalue weighted by Crippen LogP contribution is -2.51. The first kappa shape index (κ1) is 22.4. The van der Waals surface area contributed by atoms with Crippen molar-refractivity contribution in [3.05, 3.63) is 81.6 Å². The molecule has 1 saturated heterocycles. The molecule has 0 aliphatic carbocycles. The molecule has 2 aliphatic rings. The van der Waals surface area contributed by atoms with Gasteiger partial charge in [-0.1, -0.05) is 28.9 Å². The number of amides is 2. The van der Waals surface area contributed by atoms with Crippen LogP contribution < -0.4 is 0 Å². The molecule has 2 amide bonds. The van der Waals surface area contributed by atoms with Gasteiger partial charge in [-0.3, -0.25) is 9.59 Å². The molecule has 0 spiro atoms. The van der Waals surface area contributed by atoms with Crippen molar-refractivity contribution in [2.45, 2.75) is 19.3 Å². The molecule has 1 fully saturated rings. The molecule has 11 heteroatoms. The van der Waals surface area contributed by atoms with E-state index in [1.807, 2.05) is 12.1 Å². The second-order valence-corrected chi connectivity index (χ2v) is 8.56. The molecule has 3 heterocycles. The molecular formula is C23H20ClF2N5O3. The van der Waals surface area contributed by atoms with Gasteiger partial charge >= 0.3 is 0 Å². The Morgan fingerprint density at radius 2 is 1.65 bits per heavy atom. The highest BCUT2D eigenvalue weighted by atomic mass is 35.5. The Balaban J connectivity index is 1.23. The number of hydrogen-bond donors (Lipinski definition) is 0. The van der Waals surface area contributed by atoms with Crippen LogP contribution in [0.5, 0.6) is 0 Å². The van der Waals surface area contributed by atoms with E-state index in [0.717, 1.165) is 23.8 Å². The Bertz CT molecular complexity index is 1240. The lowest BCUT2D eigenvalue weighted by molar-refractivity contribution is -0.00202. The topological polar surface area (TPSA) is 80.6 Å². The smallest absolute Gasteiger partial charge is 0.276 e. The van der Waals surface area contributed by atoms with E-state index in [2.05, 4.69) is 10.3 Å². The summed E-state index contributed by atoms with van der Waals surface area (Å²) >= 11 is 5.95. The molecule has 1 aromatic heterocycles. The van der Waals surface area contributed by atoms with Crippen molar-refractivity contribution >= 4 is 23.4 Å². The van der Waals surface area contributed by atoms with E-state index < -0.39 is 17.5 Å². The van der Waals surface area contributed by atoms with Gasteiger partial charge in [0, 0.05) is 31.2 Å². The summed E-state index contributed by atoms with van der Waals surface area (Å²) in [7, 11) is 0. The highest BCUT2D eigenvalue weighted by molar-refractivity contribution is 6.30. The summed E-state index contributed by atoms with van der Waals surface area (Å²) in [4.78, 5) is 28.7. The predicted molar refractivity (Wildman–Crippen MR) is 117 cm³/mol. The van der Waals surface area contributed by atoms with Gasteiger partial charge in [-0.25, -0.2) is 13.5 Å². The van der Waals surface area contributed by atoms with Gasteiger partial charge in [0.15, 0.2) is 5.69 Å². The average Bonchev–Trinajstić information content (AvgIpc) is 3.28. The largest absolute Gasteiger partial charge is 0.365 e. The molecule has 1 atom stereocenters. The minimum atomic E-state index is -0.780. The van der Waals surface area contributed by atoms with Gasteiger partial charge in [0.1, 0.15) is 17.7 Å². The zero-order valence-electron chi connectivity index (χ0n) is 18.0. The Labute approximate surface area is 198 Å². The third-order valence-electron chi connectivity index (χ3n) is 6.05. The van der Waals surface area contributed by atoms with E-state index in [-0.39, 0.29) is 56.1 Å². The summed E-state index contributed by atoms with van der Waals surface area (Å²) in [5.41, 5.74) is 1.44. The number of carbonyl (C=O) groups excluding carboxylic acids is 2. The Hall–Kier alpha value is -3.37. The second kappa shape index (κ2) is 9.11. The summed E-state index contributed by atoms with van der Waals surface area (Å²) in [6, 6.07) is 10.1. The van der Waals surface area contributed by atoms with Crippen LogP contribution in [0, 0.1) is 11.6 Å². The Morgan fingerprint density at radius 1 is 0.971 bits per heavy atom. The SMILES string of the molecule is O=C(c1cc(F)ccc1F)N1CCN(C(=O)c2nnn3c2CO[C@H](c2ccc(Cl)cc2)C3)CC1. The number of hydrogen-bond acceptors (Lipinski definition) is 5. The minimum Gasteiger partial charge on any atom is -0.365 e. The van der Waals surface area contributed by atoms with E-state index in [1.165, 1.54) is 4.90 Å². The minimum absolute atomic E-state index is 0.179. The van der Waals surface area contributed by atoms with E-state index in [0.29, 0.717) is 17.3 Å². The highest BCUT2D eigenvalue weighted by Gasteiger charge is 2.32. The van der Waals surface area contributed by atoms with Crippen molar-refractivity contribution in [2.75, 3.05) is 26.2 Å². The van der Waals surface area contributed by atoms with Crippen molar-refractivity contribution in [3.8, 4) is 0 Å². The predicted octanol–water partition coefficient (Wildman–Crippen LogP) is 3.08. The third kappa shape index (κ3) is 4.26. The molecule has 0 radical (unpaired) electrons. The summed E-state index contributed by atoms with van der Waals surface area (Å²) in [5.74, 6) is -2.38. The quantitative estimate of drug-likeness (QED) is 0.567. The van der Waals surface area contributed by atoms with E-state index >= 15 is 0 Å². The summed E-state index contributed by atoms with van der Waals surface area (Å²) in [6.45, 7) is 1.46. The van der Waals surface area contributed by atoms with Crippen molar-refractivity contribution < 1.29 is 23.1 Å². The van der Waals surface area contributed by atoms with Gasteiger partial charge in [-0.2, -0.15) is 0 Å². The molecule has 0 unspecified atom stereocenters.